The second kappa shape index (κ2) is 11.0. The Hall–Kier alpha value is -1.75. The summed E-state index contributed by atoms with van der Waals surface area (Å²) in [6, 6.07) is 4.72. The number of nitrogens with one attached hydrogen (secondary N) is 2. The highest BCUT2D eigenvalue weighted by Crippen LogP contribution is 2.19. The van der Waals surface area contributed by atoms with Crippen molar-refractivity contribution in [2.24, 2.45) is 0 Å². The van der Waals surface area contributed by atoms with Gasteiger partial charge in [-0.2, -0.15) is 4.31 Å². The quantitative estimate of drug-likeness (QED) is 0.343. The summed E-state index contributed by atoms with van der Waals surface area (Å²) >= 11 is 0. The van der Waals surface area contributed by atoms with Crippen molar-refractivity contribution in [2.45, 2.75) is 18.2 Å². The molecule has 0 bridgehead atoms. The van der Waals surface area contributed by atoms with Gasteiger partial charge in [0.05, 0.1) is 16.4 Å². The van der Waals surface area contributed by atoms with E-state index in [0.717, 1.165) is 23.3 Å². The molecule has 25 heavy (non-hydrogen) atoms. The molecule has 142 valence electrons. The summed E-state index contributed by atoms with van der Waals surface area (Å²) in [5, 5.41) is 16.5. The maximum Gasteiger partial charge on any atom is 0.270 e. The highest BCUT2D eigenvalue weighted by atomic mass is 35.5. The topological polar surface area (TPSA) is 122 Å². The smallest absolute Gasteiger partial charge is 0.270 e. The van der Waals surface area contributed by atoms with E-state index in [1.54, 1.807) is 0 Å². The lowest BCUT2D eigenvalue weighted by atomic mass is 10.3. The number of nitro benzene ring substituents is 1. The second-order valence-corrected chi connectivity index (χ2v) is 7.16. The molecule has 0 spiro atoms. The van der Waals surface area contributed by atoms with Gasteiger partial charge in [0.1, 0.15) is 0 Å². The van der Waals surface area contributed by atoms with Crippen LogP contribution in [-0.2, 0) is 14.8 Å². The van der Waals surface area contributed by atoms with Crippen molar-refractivity contribution in [1.29, 1.82) is 0 Å². The molecule has 0 unspecified atom stereocenters. The Kier molecular flexibility index (Phi) is 10.2. The standard InChI is InChI=1S/C14H22N4O5S.ClH/c1-3-7-15-8-9-16-14(19)11-17(2)24(22,23)13-6-4-5-12(10-13)18(20)21;/h4-6,10,15H,3,7-9,11H2,1-2H3,(H,16,19);1H. The largest absolute Gasteiger partial charge is 0.354 e. The molecule has 1 rings (SSSR count). The first-order chi connectivity index (χ1) is 11.3. The molecule has 9 nitrogen and oxygen atoms in total. The van der Waals surface area contributed by atoms with Gasteiger partial charge in [-0.3, -0.25) is 14.9 Å². The van der Waals surface area contributed by atoms with Crippen molar-refractivity contribution < 1.29 is 18.1 Å². The molecule has 1 aromatic carbocycles. The summed E-state index contributed by atoms with van der Waals surface area (Å²) in [5.74, 6) is -0.440. The monoisotopic (exact) mass is 394 g/mol. The third-order valence-electron chi connectivity index (χ3n) is 3.15. The van der Waals surface area contributed by atoms with Crippen LogP contribution in [-0.4, -0.2) is 56.8 Å². The number of likely N-dealkylation sites (N-methyl/N-ethyl adjacent to an activating group) is 1. The van der Waals surface area contributed by atoms with Gasteiger partial charge in [0.2, 0.25) is 15.9 Å². The van der Waals surface area contributed by atoms with Crippen LogP contribution in [0.2, 0.25) is 0 Å². The van der Waals surface area contributed by atoms with Crippen molar-refractivity contribution in [3.63, 3.8) is 0 Å². The van der Waals surface area contributed by atoms with Crippen LogP contribution in [0.3, 0.4) is 0 Å². The zero-order valence-corrected chi connectivity index (χ0v) is 15.7. The molecule has 1 amide bonds. The summed E-state index contributed by atoms with van der Waals surface area (Å²) in [6.07, 6.45) is 0.984. The molecule has 0 aliphatic carbocycles. The van der Waals surface area contributed by atoms with Gasteiger partial charge >= 0.3 is 0 Å². The summed E-state index contributed by atoms with van der Waals surface area (Å²) in [5.41, 5.74) is -0.323. The Bertz CT molecular complexity index is 684. The maximum atomic E-state index is 12.4. The lowest BCUT2D eigenvalue weighted by Crippen LogP contribution is -2.40. The number of benzene rings is 1. The number of rotatable bonds is 10. The van der Waals surface area contributed by atoms with Gasteiger partial charge in [0.15, 0.2) is 0 Å². The van der Waals surface area contributed by atoms with Crippen LogP contribution in [0.1, 0.15) is 13.3 Å². The Morgan fingerprint density at radius 2 is 1.96 bits per heavy atom. The lowest BCUT2D eigenvalue weighted by Gasteiger charge is -2.16. The molecular formula is C14H23ClN4O5S. The van der Waals surface area contributed by atoms with Crippen LogP contribution in [0.4, 0.5) is 5.69 Å². The number of hydrogen-bond donors (Lipinski definition) is 2. The molecule has 2 N–H and O–H groups in total. The van der Waals surface area contributed by atoms with Gasteiger partial charge in [-0.25, -0.2) is 8.42 Å². The average Bonchev–Trinajstić information content (AvgIpc) is 2.54. The van der Waals surface area contributed by atoms with E-state index < -0.39 is 20.9 Å². The Morgan fingerprint density at radius 1 is 1.28 bits per heavy atom. The highest BCUT2D eigenvalue weighted by molar-refractivity contribution is 7.89. The highest BCUT2D eigenvalue weighted by Gasteiger charge is 2.24. The molecule has 0 saturated carbocycles. The third kappa shape index (κ3) is 7.34. The summed E-state index contributed by atoms with van der Waals surface area (Å²) in [6.45, 7) is 3.50. The summed E-state index contributed by atoms with van der Waals surface area (Å²) in [4.78, 5) is 21.6. The molecular weight excluding hydrogens is 372 g/mol. The van der Waals surface area contributed by atoms with Crippen molar-refractivity contribution in [3.8, 4) is 0 Å². The van der Waals surface area contributed by atoms with E-state index in [1.807, 2.05) is 6.92 Å². The van der Waals surface area contributed by atoms with E-state index in [4.69, 9.17) is 0 Å². The van der Waals surface area contributed by atoms with Gasteiger partial charge in [0.25, 0.3) is 5.69 Å². The van der Waals surface area contributed by atoms with E-state index in [1.165, 1.54) is 25.2 Å². The molecule has 0 saturated heterocycles. The first kappa shape index (κ1) is 23.2. The minimum Gasteiger partial charge on any atom is -0.354 e. The van der Waals surface area contributed by atoms with Crippen LogP contribution in [0.15, 0.2) is 29.2 Å². The number of halogens is 1. The molecule has 0 aliphatic rings. The van der Waals surface area contributed by atoms with Crippen LogP contribution in [0.25, 0.3) is 0 Å². The van der Waals surface area contributed by atoms with Crippen LogP contribution < -0.4 is 10.6 Å². The maximum absolute atomic E-state index is 12.4. The van der Waals surface area contributed by atoms with Gasteiger partial charge < -0.3 is 10.6 Å². The van der Waals surface area contributed by atoms with Crippen molar-refractivity contribution >= 4 is 34.0 Å². The molecule has 0 aromatic heterocycles. The predicted molar refractivity (Wildman–Crippen MR) is 96.3 cm³/mol. The normalized spacial score (nSPS) is 11.0. The molecule has 0 atom stereocenters. The summed E-state index contributed by atoms with van der Waals surface area (Å²) < 4.78 is 25.6. The van der Waals surface area contributed by atoms with E-state index in [2.05, 4.69) is 10.6 Å². The molecule has 1 aromatic rings. The van der Waals surface area contributed by atoms with Gasteiger partial charge in [0, 0.05) is 32.3 Å². The molecule has 0 fully saturated rings. The fourth-order valence-corrected chi connectivity index (χ4v) is 3.04. The molecule has 0 heterocycles. The summed E-state index contributed by atoms with van der Waals surface area (Å²) in [7, 11) is -2.72. The third-order valence-corrected chi connectivity index (χ3v) is 4.95. The number of hydrogen-bond acceptors (Lipinski definition) is 6. The zero-order valence-electron chi connectivity index (χ0n) is 14.1. The minimum absolute atomic E-state index is 0. The second-order valence-electron chi connectivity index (χ2n) is 5.12. The van der Waals surface area contributed by atoms with Crippen molar-refractivity contribution in [3.05, 3.63) is 34.4 Å². The fourth-order valence-electron chi connectivity index (χ4n) is 1.87. The Balaban J connectivity index is 0.00000576. The number of amides is 1. The number of carbonyl (C=O) groups is 1. The predicted octanol–water partition coefficient (Wildman–Crippen LogP) is 0.753. The molecule has 11 heteroatoms. The minimum atomic E-state index is -3.98. The number of nitro groups is 1. The zero-order chi connectivity index (χ0) is 18.2. The van der Waals surface area contributed by atoms with Crippen molar-refractivity contribution in [1.82, 2.24) is 14.9 Å². The van der Waals surface area contributed by atoms with Crippen LogP contribution in [0, 0.1) is 10.1 Å². The number of non-ortho nitro benzene ring substituents is 1. The van der Waals surface area contributed by atoms with Crippen LogP contribution in [0.5, 0.6) is 0 Å². The SMILES string of the molecule is CCCNCCNC(=O)CN(C)S(=O)(=O)c1cccc([N+](=O)[O-])c1.Cl. The number of sulfonamides is 1. The fraction of sp³-hybridized carbons (Fsp3) is 0.500. The lowest BCUT2D eigenvalue weighted by molar-refractivity contribution is -0.385. The van der Waals surface area contributed by atoms with Gasteiger partial charge in [-0.1, -0.05) is 13.0 Å². The van der Waals surface area contributed by atoms with E-state index in [0.29, 0.717) is 13.1 Å². The Morgan fingerprint density at radius 3 is 2.56 bits per heavy atom. The van der Waals surface area contributed by atoms with E-state index in [9.17, 15) is 23.3 Å². The first-order valence-electron chi connectivity index (χ1n) is 7.47. The van der Waals surface area contributed by atoms with Gasteiger partial charge in [-0.05, 0) is 19.0 Å². The number of carbonyl (C=O) groups excluding carboxylic acids is 1. The van der Waals surface area contributed by atoms with E-state index in [-0.39, 0.29) is 29.5 Å². The molecule has 0 aliphatic heterocycles. The number of nitrogens with zero attached hydrogens (tertiary/aromatic N) is 2. The van der Waals surface area contributed by atoms with Gasteiger partial charge in [-0.15, -0.1) is 12.4 Å². The first-order valence-corrected chi connectivity index (χ1v) is 8.91. The molecule has 0 radical (unpaired) electrons. The average molecular weight is 395 g/mol. The van der Waals surface area contributed by atoms with Crippen molar-refractivity contribution in [2.75, 3.05) is 33.2 Å². The Labute approximate surface area is 153 Å². The van der Waals surface area contributed by atoms with Crippen LogP contribution >= 0.6 is 12.4 Å². The van der Waals surface area contributed by atoms with E-state index >= 15 is 0 Å².